The molecule has 0 heteroatoms. The second-order valence-corrected chi connectivity index (χ2v) is 5.82. The summed E-state index contributed by atoms with van der Waals surface area (Å²) in [7, 11) is 0. The second kappa shape index (κ2) is 8.55. The minimum absolute atomic E-state index is 0.994. The number of hydrogen-bond donors (Lipinski definition) is 0. The molecule has 1 aliphatic carbocycles. The number of allylic oxidation sites excluding steroid dienone is 4. The predicted octanol–water partition coefficient (Wildman–Crippen LogP) is 6.04. The largest absolute Gasteiger partial charge is 0.0856 e. The van der Waals surface area contributed by atoms with E-state index in [1.165, 1.54) is 63.4 Å². The molecule has 0 saturated heterocycles. The van der Waals surface area contributed by atoms with Crippen molar-refractivity contribution in [2.75, 3.05) is 0 Å². The molecule has 1 unspecified atom stereocenters. The van der Waals surface area contributed by atoms with Gasteiger partial charge in [-0.1, -0.05) is 55.9 Å². The Morgan fingerprint density at radius 3 is 2.76 bits per heavy atom. The van der Waals surface area contributed by atoms with Crippen LogP contribution < -0.4 is 0 Å². The monoisotopic (exact) mass is 234 g/mol. The molecule has 0 saturated carbocycles. The van der Waals surface area contributed by atoms with Crippen molar-refractivity contribution in [2.24, 2.45) is 5.92 Å². The second-order valence-electron chi connectivity index (χ2n) is 5.82. The molecule has 0 spiro atoms. The van der Waals surface area contributed by atoms with E-state index in [9.17, 15) is 0 Å². The van der Waals surface area contributed by atoms with Crippen molar-refractivity contribution in [3.05, 3.63) is 23.3 Å². The van der Waals surface area contributed by atoms with Crippen LogP contribution in [0.25, 0.3) is 0 Å². The van der Waals surface area contributed by atoms with Crippen LogP contribution in [0.15, 0.2) is 23.3 Å². The van der Waals surface area contributed by atoms with Gasteiger partial charge >= 0.3 is 0 Å². The maximum Gasteiger partial charge on any atom is -0.0285 e. The lowest BCUT2D eigenvalue weighted by Crippen LogP contribution is -2.05. The van der Waals surface area contributed by atoms with Crippen LogP contribution in [0, 0.1) is 5.92 Å². The first-order chi connectivity index (χ1) is 8.22. The molecule has 0 fully saturated rings. The highest BCUT2D eigenvalue weighted by molar-refractivity contribution is 5.08. The Labute approximate surface area is 108 Å². The lowest BCUT2D eigenvalue weighted by molar-refractivity contribution is 0.413. The van der Waals surface area contributed by atoms with E-state index in [0.717, 1.165) is 5.92 Å². The molecule has 0 aromatic carbocycles. The van der Waals surface area contributed by atoms with Gasteiger partial charge in [-0.2, -0.15) is 0 Å². The maximum atomic E-state index is 2.54. The van der Waals surface area contributed by atoms with Crippen LogP contribution >= 0.6 is 0 Å². The van der Waals surface area contributed by atoms with Crippen LogP contribution in [-0.2, 0) is 0 Å². The topological polar surface area (TPSA) is 0 Å². The van der Waals surface area contributed by atoms with Gasteiger partial charge in [0.15, 0.2) is 0 Å². The zero-order chi connectivity index (χ0) is 12.5. The summed E-state index contributed by atoms with van der Waals surface area (Å²) < 4.78 is 0. The summed E-state index contributed by atoms with van der Waals surface area (Å²) in [4.78, 5) is 0. The highest BCUT2D eigenvalue weighted by Gasteiger charge is 2.13. The summed E-state index contributed by atoms with van der Waals surface area (Å²) in [5.41, 5.74) is 3.17. The van der Waals surface area contributed by atoms with Crippen molar-refractivity contribution in [3.63, 3.8) is 0 Å². The molecule has 0 heterocycles. The minimum atomic E-state index is 0.994. The summed E-state index contributed by atoms with van der Waals surface area (Å²) in [6.45, 7) is 6.68. The molecule has 0 bridgehead atoms. The van der Waals surface area contributed by atoms with Crippen LogP contribution in [0.1, 0.15) is 78.6 Å². The standard InChI is InChI=1S/C17H30/c1-4-5-6-9-16-11-13-17(14-12-16)10-7-8-15(2)3/h8,13,16H,4-7,9-12,14H2,1-3H3. The molecule has 0 aromatic heterocycles. The SMILES string of the molecule is CCCCCC1CC=C(CCC=C(C)C)CC1. The van der Waals surface area contributed by atoms with Gasteiger partial charge in [0.25, 0.3) is 0 Å². The van der Waals surface area contributed by atoms with Crippen molar-refractivity contribution >= 4 is 0 Å². The first-order valence-electron chi connectivity index (χ1n) is 7.53. The maximum absolute atomic E-state index is 2.54. The van der Waals surface area contributed by atoms with E-state index in [-0.39, 0.29) is 0 Å². The Morgan fingerprint density at radius 2 is 2.18 bits per heavy atom. The zero-order valence-corrected chi connectivity index (χ0v) is 12.1. The fourth-order valence-corrected chi connectivity index (χ4v) is 2.66. The van der Waals surface area contributed by atoms with Crippen LogP contribution in [0.3, 0.4) is 0 Å². The predicted molar refractivity (Wildman–Crippen MR) is 78.2 cm³/mol. The van der Waals surface area contributed by atoms with Gasteiger partial charge in [0.1, 0.15) is 0 Å². The van der Waals surface area contributed by atoms with E-state index >= 15 is 0 Å². The average Bonchev–Trinajstić information content (AvgIpc) is 2.31. The highest BCUT2D eigenvalue weighted by Crippen LogP contribution is 2.29. The summed E-state index contributed by atoms with van der Waals surface area (Å²) in [6.07, 6.45) is 17.3. The number of unbranched alkanes of at least 4 members (excludes halogenated alkanes) is 2. The average molecular weight is 234 g/mol. The summed E-state index contributed by atoms with van der Waals surface area (Å²) in [6, 6.07) is 0. The molecule has 1 rings (SSSR count). The molecule has 1 atom stereocenters. The van der Waals surface area contributed by atoms with Crippen LogP contribution in [0.5, 0.6) is 0 Å². The molecule has 98 valence electrons. The smallest absolute Gasteiger partial charge is 0.0285 e. The third kappa shape index (κ3) is 6.71. The number of hydrogen-bond acceptors (Lipinski definition) is 0. The molecule has 0 radical (unpaired) electrons. The van der Waals surface area contributed by atoms with Gasteiger partial charge in [0.2, 0.25) is 0 Å². The Hall–Kier alpha value is -0.520. The van der Waals surface area contributed by atoms with Gasteiger partial charge in [0, 0.05) is 0 Å². The van der Waals surface area contributed by atoms with E-state index in [1.54, 1.807) is 5.57 Å². The van der Waals surface area contributed by atoms with Gasteiger partial charge in [-0.05, 0) is 51.9 Å². The zero-order valence-electron chi connectivity index (χ0n) is 12.1. The van der Waals surface area contributed by atoms with E-state index in [2.05, 4.69) is 32.9 Å². The molecule has 0 nitrogen and oxygen atoms in total. The first kappa shape index (κ1) is 14.5. The van der Waals surface area contributed by atoms with E-state index < -0.39 is 0 Å². The van der Waals surface area contributed by atoms with E-state index in [1.807, 2.05) is 0 Å². The summed E-state index contributed by atoms with van der Waals surface area (Å²) >= 11 is 0. The van der Waals surface area contributed by atoms with Gasteiger partial charge in [-0.25, -0.2) is 0 Å². The van der Waals surface area contributed by atoms with Crippen molar-refractivity contribution in [2.45, 2.75) is 78.6 Å². The highest BCUT2D eigenvalue weighted by atomic mass is 14.2. The van der Waals surface area contributed by atoms with Crippen molar-refractivity contribution in [1.82, 2.24) is 0 Å². The van der Waals surface area contributed by atoms with E-state index in [4.69, 9.17) is 0 Å². The van der Waals surface area contributed by atoms with Crippen molar-refractivity contribution in [3.8, 4) is 0 Å². The Kier molecular flexibility index (Phi) is 7.32. The summed E-state index contributed by atoms with van der Waals surface area (Å²) in [5.74, 6) is 0.994. The Balaban J connectivity index is 2.18. The van der Waals surface area contributed by atoms with Gasteiger partial charge in [-0.3, -0.25) is 0 Å². The molecule has 0 aliphatic heterocycles. The normalized spacial score (nSPS) is 19.9. The fraction of sp³-hybridized carbons (Fsp3) is 0.765. The molecule has 17 heavy (non-hydrogen) atoms. The molecule has 0 amide bonds. The third-order valence-corrected chi connectivity index (χ3v) is 3.85. The van der Waals surface area contributed by atoms with E-state index in [0.29, 0.717) is 0 Å². The third-order valence-electron chi connectivity index (χ3n) is 3.85. The molecule has 0 N–H and O–H groups in total. The quantitative estimate of drug-likeness (QED) is 0.372. The van der Waals surface area contributed by atoms with Crippen molar-refractivity contribution < 1.29 is 0 Å². The molecular formula is C17H30. The van der Waals surface area contributed by atoms with Crippen LogP contribution in [-0.4, -0.2) is 0 Å². The van der Waals surface area contributed by atoms with Crippen LogP contribution in [0.2, 0.25) is 0 Å². The Morgan fingerprint density at radius 1 is 1.35 bits per heavy atom. The molecular weight excluding hydrogens is 204 g/mol. The summed E-state index contributed by atoms with van der Waals surface area (Å²) in [5, 5.41) is 0. The van der Waals surface area contributed by atoms with Gasteiger partial charge < -0.3 is 0 Å². The fourth-order valence-electron chi connectivity index (χ4n) is 2.66. The lowest BCUT2D eigenvalue weighted by atomic mass is 9.85. The van der Waals surface area contributed by atoms with Crippen LogP contribution in [0.4, 0.5) is 0 Å². The molecule has 0 aromatic rings. The van der Waals surface area contributed by atoms with Gasteiger partial charge in [-0.15, -0.1) is 0 Å². The van der Waals surface area contributed by atoms with Crippen molar-refractivity contribution in [1.29, 1.82) is 0 Å². The Bertz CT molecular complexity index is 253. The lowest BCUT2D eigenvalue weighted by Gasteiger charge is -2.21. The first-order valence-corrected chi connectivity index (χ1v) is 7.53. The van der Waals surface area contributed by atoms with Gasteiger partial charge in [0.05, 0.1) is 0 Å². The minimum Gasteiger partial charge on any atom is -0.0856 e. The molecule has 1 aliphatic rings. The number of rotatable bonds is 7.